The molecule has 1 aliphatic heterocycles. The Hall–Kier alpha value is -2.30. The number of nitrogens with one attached hydrogen (secondary N) is 3. The van der Waals surface area contributed by atoms with E-state index in [9.17, 15) is 9.59 Å². The molecule has 3 rings (SSSR count). The molecular formula is C12H13N3O2. The molecule has 0 saturated carbocycles. The summed E-state index contributed by atoms with van der Waals surface area (Å²) < 4.78 is 0. The fourth-order valence-electron chi connectivity index (χ4n) is 1.51. The van der Waals surface area contributed by atoms with Gasteiger partial charge in [-0.1, -0.05) is 18.2 Å². The van der Waals surface area contributed by atoms with Gasteiger partial charge in [0.15, 0.2) is 0 Å². The van der Waals surface area contributed by atoms with Crippen LogP contribution in [0.5, 0.6) is 0 Å². The topological polar surface area (TPSA) is 74.0 Å². The number of benzene rings is 1. The van der Waals surface area contributed by atoms with Gasteiger partial charge in [0.25, 0.3) is 0 Å². The minimum absolute atomic E-state index is 0.531. The monoisotopic (exact) mass is 231 g/mol. The van der Waals surface area contributed by atoms with Gasteiger partial charge in [0.2, 0.25) is 0 Å². The van der Waals surface area contributed by atoms with Crippen molar-refractivity contribution in [1.82, 2.24) is 15.6 Å². The maximum atomic E-state index is 10.3. The van der Waals surface area contributed by atoms with Gasteiger partial charge < -0.3 is 15.6 Å². The van der Waals surface area contributed by atoms with E-state index in [4.69, 9.17) is 0 Å². The standard InChI is InChI=1S/C8H7N.C4H6N2O2/c1-2-4-8-7(3-1)5-6-9-8;7-3-4(8)6-2-1-5-3/h1-6,9H;1-2H2,(H,5,7)(H,6,8). The fourth-order valence-corrected chi connectivity index (χ4v) is 1.51. The van der Waals surface area contributed by atoms with E-state index >= 15 is 0 Å². The first-order valence-electron chi connectivity index (χ1n) is 5.35. The summed E-state index contributed by atoms with van der Waals surface area (Å²) in [7, 11) is 0. The molecule has 0 atom stereocenters. The van der Waals surface area contributed by atoms with Crippen LogP contribution in [0.2, 0.25) is 0 Å². The molecule has 17 heavy (non-hydrogen) atoms. The number of fused-ring (bicyclic) bond motifs is 1. The molecule has 2 amide bonds. The first-order chi connectivity index (χ1) is 8.27. The summed E-state index contributed by atoms with van der Waals surface area (Å²) in [5.41, 5.74) is 1.21. The molecule has 5 nitrogen and oxygen atoms in total. The summed E-state index contributed by atoms with van der Waals surface area (Å²) >= 11 is 0. The van der Waals surface area contributed by atoms with Gasteiger partial charge in [0.1, 0.15) is 0 Å². The van der Waals surface area contributed by atoms with Crippen LogP contribution in [0.4, 0.5) is 0 Å². The molecule has 0 radical (unpaired) electrons. The molecule has 0 spiro atoms. The van der Waals surface area contributed by atoms with Crippen molar-refractivity contribution in [3.8, 4) is 0 Å². The lowest BCUT2D eigenvalue weighted by atomic mass is 10.3. The minimum Gasteiger partial charge on any atom is -0.361 e. The Labute approximate surface area is 98.2 Å². The van der Waals surface area contributed by atoms with Gasteiger partial charge in [-0.05, 0) is 17.5 Å². The van der Waals surface area contributed by atoms with Gasteiger partial charge in [-0.15, -0.1) is 0 Å². The number of aromatic amines is 1. The van der Waals surface area contributed by atoms with E-state index in [1.807, 2.05) is 18.3 Å². The molecule has 1 aliphatic rings. The van der Waals surface area contributed by atoms with Crippen molar-refractivity contribution in [3.63, 3.8) is 0 Å². The smallest absolute Gasteiger partial charge is 0.309 e. The summed E-state index contributed by atoms with van der Waals surface area (Å²) in [5, 5.41) is 6.04. The maximum Gasteiger partial charge on any atom is 0.309 e. The van der Waals surface area contributed by atoms with E-state index in [0.717, 1.165) is 0 Å². The summed E-state index contributed by atoms with van der Waals surface area (Å²) in [4.78, 5) is 23.7. The number of H-pyrrole nitrogens is 1. The van der Waals surface area contributed by atoms with Gasteiger partial charge in [0.05, 0.1) is 0 Å². The van der Waals surface area contributed by atoms with Crippen LogP contribution in [0.1, 0.15) is 0 Å². The Morgan fingerprint density at radius 1 is 0.882 bits per heavy atom. The molecule has 2 heterocycles. The van der Waals surface area contributed by atoms with Crippen LogP contribution in [-0.2, 0) is 9.59 Å². The van der Waals surface area contributed by atoms with Gasteiger partial charge in [0, 0.05) is 24.8 Å². The van der Waals surface area contributed by atoms with E-state index in [-0.39, 0.29) is 0 Å². The Kier molecular flexibility index (Phi) is 3.40. The zero-order chi connectivity index (χ0) is 12.1. The zero-order valence-electron chi connectivity index (χ0n) is 9.19. The number of hydrogen-bond acceptors (Lipinski definition) is 2. The number of carbonyl (C=O) groups excluding carboxylic acids is 2. The molecule has 5 heteroatoms. The fraction of sp³-hybridized carbons (Fsp3) is 0.167. The Morgan fingerprint density at radius 2 is 1.53 bits per heavy atom. The first kappa shape index (κ1) is 11.2. The third kappa shape index (κ3) is 2.84. The highest BCUT2D eigenvalue weighted by Gasteiger charge is 2.15. The summed E-state index contributed by atoms with van der Waals surface area (Å²) in [6, 6.07) is 10.3. The summed E-state index contributed by atoms with van der Waals surface area (Å²) in [6.07, 6.45) is 1.95. The van der Waals surface area contributed by atoms with Crippen LogP contribution in [0, 0.1) is 0 Å². The quantitative estimate of drug-likeness (QED) is 0.574. The average Bonchev–Trinajstić information content (AvgIpc) is 2.82. The molecule has 1 fully saturated rings. The highest BCUT2D eigenvalue weighted by molar-refractivity contribution is 6.35. The average molecular weight is 231 g/mol. The van der Waals surface area contributed by atoms with E-state index in [2.05, 4.69) is 33.8 Å². The van der Waals surface area contributed by atoms with Crippen molar-refractivity contribution in [3.05, 3.63) is 36.5 Å². The lowest BCUT2D eigenvalue weighted by Crippen LogP contribution is -2.49. The van der Waals surface area contributed by atoms with Crippen LogP contribution in [-0.4, -0.2) is 29.9 Å². The van der Waals surface area contributed by atoms with Crippen LogP contribution >= 0.6 is 0 Å². The molecule has 88 valence electrons. The van der Waals surface area contributed by atoms with Gasteiger partial charge in [-0.3, -0.25) is 9.59 Å². The highest BCUT2D eigenvalue weighted by Crippen LogP contribution is 2.09. The van der Waals surface area contributed by atoms with E-state index in [1.165, 1.54) is 10.9 Å². The molecule has 0 aliphatic carbocycles. The SMILES string of the molecule is O=C1NCCNC1=O.c1ccc2[nH]ccc2c1. The van der Waals surface area contributed by atoms with Gasteiger partial charge in [-0.2, -0.15) is 0 Å². The number of rotatable bonds is 0. The van der Waals surface area contributed by atoms with Crippen LogP contribution in [0.15, 0.2) is 36.5 Å². The molecule has 3 N–H and O–H groups in total. The molecule has 2 aromatic rings. The second-order valence-corrected chi connectivity index (χ2v) is 3.58. The van der Waals surface area contributed by atoms with Crippen molar-refractivity contribution >= 4 is 22.7 Å². The second kappa shape index (κ2) is 5.16. The lowest BCUT2D eigenvalue weighted by molar-refractivity contribution is -0.140. The molecule has 0 bridgehead atoms. The summed E-state index contributed by atoms with van der Waals surface area (Å²) in [6.45, 7) is 1.09. The van der Waals surface area contributed by atoms with Crippen molar-refractivity contribution in [2.75, 3.05) is 13.1 Å². The third-order valence-electron chi connectivity index (χ3n) is 2.36. The largest absolute Gasteiger partial charge is 0.361 e. The number of aromatic nitrogens is 1. The lowest BCUT2D eigenvalue weighted by Gasteiger charge is -2.10. The number of hydrogen-bond donors (Lipinski definition) is 3. The third-order valence-corrected chi connectivity index (χ3v) is 2.36. The summed E-state index contributed by atoms with van der Waals surface area (Å²) in [5.74, 6) is -1.06. The molecule has 0 unspecified atom stereocenters. The van der Waals surface area contributed by atoms with E-state index in [0.29, 0.717) is 13.1 Å². The predicted molar refractivity (Wildman–Crippen MR) is 64.3 cm³/mol. The minimum atomic E-state index is -0.531. The number of para-hydroxylation sites is 1. The molecule has 1 aromatic carbocycles. The molecule has 1 saturated heterocycles. The Bertz CT molecular complexity index is 487. The van der Waals surface area contributed by atoms with E-state index in [1.54, 1.807) is 0 Å². The Morgan fingerprint density at radius 3 is 2.12 bits per heavy atom. The van der Waals surface area contributed by atoms with Crippen molar-refractivity contribution in [1.29, 1.82) is 0 Å². The van der Waals surface area contributed by atoms with Crippen LogP contribution in [0.25, 0.3) is 10.9 Å². The number of piperazine rings is 1. The number of carbonyl (C=O) groups is 2. The van der Waals surface area contributed by atoms with Crippen LogP contribution < -0.4 is 10.6 Å². The van der Waals surface area contributed by atoms with Gasteiger partial charge in [-0.25, -0.2) is 0 Å². The van der Waals surface area contributed by atoms with Crippen LogP contribution in [0.3, 0.4) is 0 Å². The maximum absolute atomic E-state index is 10.3. The zero-order valence-corrected chi connectivity index (χ0v) is 9.19. The van der Waals surface area contributed by atoms with Crippen molar-refractivity contribution in [2.45, 2.75) is 0 Å². The van der Waals surface area contributed by atoms with E-state index < -0.39 is 11.8 Å². The highest BCUT2D eigenvalue weighted by atomic mass is 16.2. The van der Waals surface area contributed by atoms with Gasteiger partial charge >= 0.3 is 11.8 Å². The second-order valence-electron chi connectivity index (χ2n) is 3.58. The van der Waals surface area contributed by atoms with Crippen molar-refractivity contribution < 1.29 is 9.59 Å². The normalized spacial score (nSPS) is 14.6. The Balaban J connectivity index is 0.000000128. The predicted octanol–water partition coefficient (Wildman–Crippen LogP) is 0.400. The number of amides is 2. The molecule has 1 aromatic heterocycles. The van der Waals surface area contributed by atoms with Crippen molar-refractivity contribution in [2.24, 2.45) is 0 Å². The first-order valence-corrected chi connectivity index (χ1v) is 5.35. The molecular weight excluding hydrogens is 218 g/mol.